The summed E-state index contributed by atoms with van der Waals surface area (Å²) >= 11 is 0. The molecule has 13 heavy (non-hydrogen) atoms. The first kappa shape index (κ1) is 12.9. The van der Waals surface area contributed by atoms with Gasteiger partial charge in [-0.15, -0.1) is 0 Å². The van der Waals surface area contributed by atoms with Crippen LogP contribution in [0.5, 0.6) is 0 Å². The Morgan fingerprint density at radius 1 is 1.31 bits per heavy atom. The summed E-state index contributed by atoms with van der Waals surface area (Å²) < 4.78 is 4.99. The molecule has 0 aliphatic carbocycles. The predicted octanol–water partition coefficient (Wildman–Crippen LogP) is 1.02. The van der Waals surface area contributed by atoms with Gasteiger partial charge >= 0.3 is 0 Å². The van der Waals surface area contributed by atoms with Crippen LogP contribution in [-0.4, -0.2) is 38.0 Å². The molecule has 0 spiro atoms. The molecule has 2 atom stereocenters. The van der Waals surface area contributed by atoms with Crippen LogP contribution in [0.3, 0.4) is 0 Å². The Balaban J connectivity index is 3.29. The Morgan fingerprint density at radius 3 is 2.54 bits per heavy atom. The van der Waals surface area contributed by atoms with Crippen LogP contribution in [0.1, 0.15) is 26.7 Å². The molecule has 0 aliphatic heterocycles. The second kappa shape index (κ2) is 8.48. The molecule has 3 nitrogen and oxygen atoms in total. The molecule has 0 heterocycles. The zero-order valence-corrected chi connectivity index (χ0v) is 9.05. The van der Waals surface area contributed by atoms with Crippen LogP contribution in [0.2, 0.25) is 0 Å². The lowest BCUT2D eigenvalue weighted by atomic mass is 10.1. The SMILES string of the molecule is COCCC(C)NCC(C)CCO. The number of aliphatic hydroxyl groups is 1. The number of ether oxygens (including phenoxy) is 1. The minimum Gasteiger partial charge on any atom is -0.396 e. The van der Waals surface area contributed by atoms with Crippen LogP contribution in [0.4, 0.5) is 0 Å². The number of rotatable bonds is 8. The standard InChI is InChI=1S/C10H23NO2/c1-9(4-6-12)8-11-10(2)5-7-13-3/h9-12H,4-8H2,1-3H3. The molecule has 0 radical (unpaired) electrons. The van der Waals surface area contributed by atoms with Gasteiger partial charge in [-0.1, -0.05) is 6.92 Å². The van der Waals surface area contributed by atoms with Gasteiger partial charge < -0.3 is 15.2 Å². The molecule has 2 unspecified atom stereocenters. The average molecular weight is 189 g/mol. The van der Waals surface area contributed by atoms with Gasteiger partial charge in [-0.3, -0.25) is 0 Å². The van der Waals surface area contributed by atoms with Crippen LogP contribution >= 0.6 is 0 Å². The van der Waals surface area contributed by atoms with Crippen molar-refractivity contribution in [1.82, 2.24) is 5.32 Å². The van der Waals surface area contributed by atoms with Crippen molar-refractivity contribution in [3.63, 3.8) is 0 Å². The van der Waals surface area contributed by atoms with Crippen molar-refractivity contribution in [3.8, 4) is 0 Å². The van der Waals surface area contributed by atoms with Gasteiger partial charge in [0.15, 0.2) is 0 Å². The van der Waals surface area contributed by atoms with E-state index in [1.165, 1.54) is 0 Å². The van der Waals surface area contributed by atoms with E-state index in [4.69, 9.17) is 9.84 Å². The van der Waals surface area contributed by atoms with Gasteiger partial charge in [-0.25, -0.2) is 0 Å². The van der Waals surface area contributed by atoms with Gasteiger partial charge in [0, 0.05) is 26.4 Å². The van der Waals surface area contributed by atoms with E-state index in [9.17, 15) is 0 Å². The van der Waals surface area contributed by atoms with E-state index in [2.05, 4.69) is 19.2 Å². The van der Waals surface area contributed by atoms with Crippen molar-refractivity contribution in [2.45, 2.75) is 32.7 Å². The highest BCUT2D eigenvalue weighted by Gasteiger charge is 2.04. The summed E-state index contributed by atoms with van der Waals surface area (Å²) in [6.45, 7) is 6.38. The number of aliphatic hydroxyl groups excluding tert-OH is 1. The maximum atomic E-state index is 8.70. The van der Waals surface area contributed by atoms with Gasteiger partial charge in [0.25, 0.3) is 0 Å². The monoisotopic (exact) mass is 189 g/mol. The van der Waals surface area contributed by atoms with E-state index in [0.29, 0.717) is 12.0 Å². The highest BCUT2D eigenvalue weighted by molar-refractivity contribution is 4.63. The van der Waals surface area contributed by atoms with Crippen LogP contribution in [0.15, 0.2) is 0 Å². The normalized spacial score (nSPS) is 15.7. The van der Waals surface area contributed by atoms with Gasteiger partial charge in [0.05, 0.1) is 0 Å². The second-order valence-corrected chi connectivity index (χ2v) is 3.71. The highest BCUT2D eigenvalue weighted by Crippen LogP contribution is 1.99. The van der Waals surface area contributed by atoms with E-state index >= 15 is 0 Å². The van der Waals surface area contributed by atoms with E-state index in [1.807, 2.05) is 0 Å². The number of nitrogens with one attached hydrogen (secondary N) is 1. The van der Waals surface area contributed by atoms with Crippen molar-refractivity contribution in [1.29, 1.82) is 0 Å². The minimum absolute atomic E-state index is 0.287. The fourth-order valence-corrected chi connectivity index (χ4v) is 1.12. The lowest BCUT2D eigenvalue weighted by Crippen LogP contribution is -2.31. The fraction of sp³-hybridized carbons (Fsp3) is 1.00. The molecule has 0 saturated carbocycles. The molecule has 0 aliphatic rings. The van der Waals surface area contributed by atoms with Gasteiger partial charge in [-0.2, -0.15) is 0 Å². The molecule has 0 fully saturated rings. The Bertz CT molecular complexity index is 109. The zero-order valence-electron chi connectivity index (χ0n) is 9.05. The molecule has 0 aromatic rings. The predicted molar refractivity (Wildman–Crippen MR) is 54.8 cm³/mol. The fourth-order valence-electron chi connectivity index (χ4n) is 1.12. The van der Waals surface area contributed by atoms with Crippen molar-refractivity contribution in [3.05, 3.63) is 0 Å². The van der Waals surface area contributed by atoms with Crippen molar-refractivity contribution >= 4 is 0 Å². The smallest absolute Gasteiger partial charge is 0.0476 e. The molecule has 80 valence electrons. The van der Waals surface area contributed by atoms with Crippen LogP contribution in [0, 0.1) is 5.92 Å². The first-order valence-electron chi connectivity index (χ1n) is 5.03. The summed E-state index contributed by atoms with van der Waals surface area (Å²) in [5, 5.41) is 12.1. The third kappa shape index (κ3) is 8.22. The number of hydrogen-bond donors (Lipinski definition) is 2. The van der Waals surface area contributed by atoms with Gasteiger partial charge in [0.1, 0.15) is 0 Å². The van der Waals surface area contributed by atoms with Crippen LogP contribution < -0.4 is 5.32 Å². The third-order valence-corrected chi connectivity index (χ3v) is 2.19. The van der Waals surface area contributed by atoms with E-state index in [1.54, 1.807) is 7.11 Å². The topological polar surface area (TPSA) is 41.5 Å². The lowest BCUT2D eigenvalue weighted by Gasteiger charge is -2.16. The van der Waals surface area contributed by atoms with Crippen molar-refractivity contribution < 1.29 is 9.84 Å². The number of hydrogen-bond acceptors (Lipinski definition) is 3. The van der Waals surface area contributed by atoms with Crippen LogP contribution in [0.25, 0.3) is 0 Å². The number of methoxy groups -OCH3 is 1. The summed E-state index contributed by atoms with van der Waals surface area (Å²) in [4.78, 5) is 0. The van der Waals surface area contributed by atoms with Crippen LogP contribution in [-0.2, 0) is 4.74 Å². The summed E-state index contributed by atoms with van der Waals surface area (Å²) in [5.41, 5.74) is 0. The summed E-state index contributed by atoms with van der Waals surface area (Å²) in [7, 11) is 1.72. The molecular formula is C10H23NO2. The van der Waals surface area contributed by atoms with Gasteiger partial charge in [0.2, 0.25) is 0 Å². The van der Waals surface area contributed by atoms with Gasteiger partial charge in [-0.05, 0) is 32.2 Å². The molecule has 2 N–H and O–H groups in total. The first-order chi connectivity index (χ1) is 6.20. The van der Waals surface area contributed by atoms with E-state index in [0.717, 1.165) is 26.0 Å². The van der Waals surface area contributed by atoms with Crippen molar-refractivity contribution in [2.75, 3.05) is 26.9 Å². The third-order valence-electron chi connectivity index (χ3n) is 2.19. The molecular weight excluding hydrogens is 166 g/mol. The Hall–Kier alpha value is -0.120. The largest absolute Gasteiger partial charge is 0.396 e. The molecule has 0 saturated heterocycles. The Labute approximate surface area is 81.5 Å². The molecule has 3 heteroatoms. The summed E-state index contributed by atoms with van der Waals surface area (Å²) in [6, 6.07) is 0.501. The molecule has 0 aromatic heterocycles. The first-order valence-corrected chi connectivity index (χ1v) is 5.03. The highest BCUT2D eigenvalue weighted by atomic mass is 16.5. The molecule has 0 amide bonds. The summed E-state index contributed by atoms with van der Waals surface area (Å²) in [5.74, 6) is 0.551. The minimum atomic E-state index is 0.287. The molecule has 0 rings (SSSR count). The summed E-state index contributed by atoms with van der Waals surface area (Å²) in [6.07, 6.45) is 1.92. The quantitative estimate of drug-likeness (QED) is 0.599. The lowest BCUT2D eigenvalue weighted by molar-refractivity contribution is 0.183. The zero-order chi connectivity index (χ0) is 10.1. The van der Waals surface area contributed by atoms with E-state index < -0.39 is 0 Å². The molecule has 0 bridgehead atoms. The second-order valence-electron chi connectivity index (χ2n) is 3.71. The molecule has 0 aromatic carbocycles. The Kier molecular flexibility index (Phi) is 8.40. The maximum Gasteiger partial charge on any atom is 0.0476 e. The van der Waals surface area contributed by atoms with Crippen molar-refractivity contribution in [2.24, 2.45) is 5.92 Å². The Morgan fingerprint density at radius 2 is 2.00 bits per heavy atom. The average Bonchev–Trinajstić information content (AvgIpc) is 2.12. The van der Waals surface area contributed by atoms with E-state index in [-0.39, 0.29) is 6.61 Å². The maximum absolute atomic E-state index is 8.70.